The molecule has 0 saturated carbocycles. The van der Waals surface area contributed by atoms with E-state index in [4.69, 9.17) is 0 Å². The van der Waals surface area contributed by atoms with Crippen LogP contribution in [0, 0.1) is 5.82 Å². The Morgan fingerprint density at radius 2 is 1.95 bits per heavy atom. The monoisotopic (exact) mass is 290 g/mol. The quantitative estimate of drug-likeness (QED) is 0.849. The van der Waals surface area contributed by atoms with Crippen molar-refractivity contribution < 1.29 is 9.50 Å². The zero-order valence-corrected chi connectivity index (χ0v) is 12.7. The molecule has 0 saturated heterocycles. The summed E-state index contributed by atoms with van der Waals surface area (Å²) in [5.74, 6) is -0.209. The SMILES string of the molecule is CN(C)CCCC(O)c1cccn1Cc1ccccc1F. The molecule has 0 bridgehead atoms. The summed E-state index contributed by atoms with van der Waals surface area (Å²) < 4.78 is 15.6. The molecule has 2 aromatic rings. The third kappa shape index (κ3) is 4.41. The highest BCUT2D eigenvalue weighted by Gasteiger charge is 2.13. The van der Waals surface area contributed by atoms with Gasteiger partial charge in [0.1, 0.15) is 5.82 Å². The second-order valence-corrected chi connectivity index (χ2v) is 5.61. The highest BCUT2D eigenvalue weighted by Crippen LogP contribution is 2.21. The standard InChI is InChI=1S/C17H23FN2O/c1-19(2)11-6-10-17(21)16-9-5-12-20(16)13-14-7-3-4-8-15(14)18/h3-5,7-9,12,17,21H,6,10-11,13H2,1-2H3. The molecule has 1 N–H and O–H groups in total. The largest absolute Gasteiger partial charge is 0.387 e. The van der Waals surface area contributed by atoms with Gasteiger partial charge in [0, 0.05) is 17.5 Å². The summed E-state index contributed by atoms with van der Waals surface area (Å²) in [6, 6.07) is 10.6. The van der Waals surface area contributed by atoms with Gasteiger partial charge in [-0.3, -0.25) is 0 Å². The summed E-state index contributed by atoms with van der Waals surface area (Å²) in [6.07, 6.45) is 3.02. The van der Waals surface area contributed by atoms with Crippen LogP contribution in [-0.2, 0) is 6.54 Å². The van der Waals surface area contributed by atoms with Gasteiger partial charge >= 0.3 is 0 Å². The molecule has 4 heteroatoms. The van der Waals surface area contributed by atoms with E-state index in [0.29, 0.717) is 18.5 Å². The first-order chi connectivity index (χ1) is 10.1. The van der Waals surface area contributed by atoms with Crippen LogP contribution in [0.1, 0.15) is 30.2 Å². The van der Waals surface area contributed by atoms with Gasteiger partial charge in [-0.15, -0.1) is 0 Å². The average Bonchev–Trinajstić information content (AvgIpc) is 2.89. The summed E-state index contributed by atoms with van der Waals surface area (Å²) in [5.41, 5.74) is 1.48. The fraction of sp³-hybridized carbons (Fsp3) is 0.412. The van der Waals surface area contributed by atoms with Crippen LogP contribution in [-0.4, -0.2) is 35.2 Å². The first-order valence-electron chi connectivity index (χ1n) is 7.29. The van der Waals surface area contributed by atoms with Crippen molar-refractivity contribution in [3.63, 3.8) is 0 Å². The molecule has 0 amide bonds. The maximum atomic E-state index is 13.7. The molecule has 0 radical (unpaired) electrons. The molecule has 1 heterocycles. The molecule has 1 atom stereocenters. The van der Waals surface area contributed by atoms with Gasteiger partial charge in [-0.25, -0.2) is 4.39 Å². The normalized spacial score (nSPS) is 12.8. The number of aliphatic hydroxyl groups is 1. The molecule has 0 aliphatic heterocycles. The van der Waals surface area contributed by atoms with Crippen molar-refractivity contribution in [2.45, 2.75) is 25.5 Å². The minimum Gasteiger partial charge on any atom is -0.387 e. The second-order valence-electron chi connectivity index (χ2n) is 5.61. The maximum absolute atomic E-state index is 13.7. The van der Waals surface area contributed by atoms with Gasteiger partial charge in [0.15, 0.2) is 0 Å². The van der Waals surface area contributed by atoms with E-state index in [1.165, 1.54) is 6.07 Å². The molecular weight excluding hydrogens is 267 g/mol. The Bertz CT molecular complexity index is 565. The van der Waals surface area contributed by atoms with Gasteiger partial charge in [-0.2, -0.15) is 0 Å². The summed E-state index contributed by atoms with van der Waals surface area (Å²) in [6.45, 7) is 1.39. The molecule has 114 valence electrons. The molecule has 3 nitrogen and oxygen atoms in total. The molecule has 21 heavy (non-hydrogen) atoms. The lowest BCUT2D eigenvalue weighted by Gasteiger charge is -2.16. The summed E-state index contributed by atoms with van der Waals surface area (Å²) in [7, 11) is 4.04. The fourth-order valence-corrected chi connectivity index (χ4v) is 2.43. The summed E-state index contributed by atoms with van der Waals surface area (Å²) in [5, 5.41) is 10.3. The van der Waals surface area contributed by atoms with Gasteiger partial charge in [0.05, 0.1) is 12.6 Å². The van der Waals surface area contributed by atoms with Crippen molar-refractivity contribution in [1.82, 2.24) is 9.47 Å². The Morgan fingerprint density at radius 3 is 2.67 bits per heavy atom. The van der Waals surface area contributed by atoms with E-state index in [-0.39, 0.29) is 5.82 Å². The van der Waals surface area contributed by atoms with Crippen molar-refractivity contribution in [2.24, 2.45) is 0 Å². The number of rotatable bonds is 7. The van der Waals surface area contributed by atoms with Gasteiger partial charge in [-0.1, -0.05) is 18.2 Å². The van der Waals surface area contributed by atoms with Crippen molar-refractivity contribution >= 4 is 0 Å². The van der Waals surface area contributed by atoms with Crippen LogP contribution >= 0.6 is 0 Å². The van der Waals surface area contributed by atoms with Crippen molar-refractivity contribution in [2.75, 3.05) is 20.6 Å². The Labute approximate surface area is 125 Å². The van der Waals surface area contributed by atoms with Crippen LogP contribution in [0.2, 0.25) is 0 Å². The van der Waals surface area contributed by atoms with Crippen molar-refractivity contribution in [3.05, 3.63) is 59.7 Å². The van der Waals surface area contributed by atoms with Gasteiger partial charge in [0.25, 0.3) is 0 Å². The third-order valence-electron chi connectivity index (χ3n) is 3.59. The van der Waals surface area contributed by atoms with E-state index >= 15 is 0 Å². The topological polar surface area (TPSA) is 28.4 Å². The number of nitrogens with zero attached hydrogens (tertiary/aromatic N) is 2. The fourth-order valence-electron chi connectivity index (χ4n) is 2.43. The predicted octanol–water partition coefficient (Wildman–Crippen LogP) is 3.05. The smallest absolute Gasteiger partial charge is 0.128 e. The van der Waals surface area contributed by atoms with Crippen LogP contribution in [0.5, 0.6) is 0 Å². The Balaban J connectivity index is 2.03. The van der Waals surface area contributed by atoms with E-state index in [2.05, 4.69) is 4.90 Å². The lowest BCUT2D eigenvalue weighted by Crippen LogP contribution is -2.15. The number of aliphatic hydroxyl groups excluding tert-OH is 1. The molecule has 0 aliphatic carbocycles. The van der Waals surface area contributed by atoms with Gasteiger partial charge in [-0.05, 0) is 51.7 Å². The maximum Gasteiger partial charge on any atom is 0.128 e. The molecular formula is C17H23FN2O. The second kappa shape index (κ2) is 7.38. The number of halogens is 1. The lowest BCUT2D eigenvalue weighted by molar-refractivity contribution is 0.152. The van der Waals surface area contributed by atoms with E-state index in [1.807, 2.05) is 43.1 Å². The molecule has 1 aromatic heterocycles. The number of benzene rings is 1. The van der Waals surface area contributed by atoms with E-state index < -0.39 is 6.10 Å². The molecule has 1 aromatic carbocycles. The van der Waals surface area contributed by atoms with E-state index in [1.54, 1.807) is 12.1 Å². The average molecular weight is 290 g/mol. The molecule has 0 aliphatic rings. The molecule has 1 unspecified atom stereocenters. The van der Waals surface area contributed by atoms with Crippen LogP contribution < -0.4 is 0 Å². The molecule has 0 spiro atoms. The summed E-state index contributed by atoms with van der Waals surface area (Å²) >= 11 is 0. The van der Waals surface area contributed by atoms with E-state index in [0.717, 1.165) is 18.7 Å². The molecule has 0 fully saturated rings. The van der Waals surface area contributed by atoms with Crippen LogP contribution in [0.15, 0.2) is 42.6 Å². The first-order valence-corrected chi connectivity index (χ1v) is 7.29. The van der Waals surface area contributed by atoms with E-state index in [9.17, 15) is 9.50 Å². The number of hydrogen-bond donors (Lipinski definition) is 1. The Hall–Kier alpha value is -1.65. The zero-order chi connectivity index (χ0) is 15.2. The van der Waals surface area contributed by atoms with Crippen LogP contribution in [0.4, 0.5) is 4.39 Å². The van der Waals surface area contributed by atoms with Gasteiger partial charge in [0.2, 0.25) is 0 Å². The van der Waals surface area contributed by atoms with Crippen LogP contribution in [0.3, 0.4) is 0 Å². The molecule has 2 rings (SSSR count). The third-order valence-corrected chi connectivity index (χ3v) is 3.59. The Morgan fingerprint density at radius 1 is 1.19 bits per heavy atom. The van der Waals surface area contributed by atoms with Crippen molar-refractivity contribution in [3.8, 4) is 0 Å². The van der Waals surface area contributed by atoms with Gasteiger partial charge < -0.3 is 14.6 Å². The first kappa shape index (κ1) is 15.7. The van der Waals surface area contributed by atoms with Crippen LogP contribution in [0.25, 0.3) is 0 Å². The zero-order valence-electron chi connectivity index (χ0n) is 12.7. The minimum absolute atomic E-state index is 0.209. The number of aromatic nitrogens is 1. The summed E-state index contributed by atoms with van der Waals surface area (Å²) in [4.78, 5) is 2.10. The Kier molecular flexibility index (Phi) is 5.53. The van der Waals surface area contributed by atoms with Crippen molar-refractivity contribution in [1.29, 1.82) is 0 Å². The lowest BCUT2D eigenvalue weighted by atomic mass is 10.1. The predicted molar refractivity (Wildman–Crippen MR) is 82.7 cm³/mol. The minimum atomic E-state index is -0.508. The number of hydrogen-bond acceptors (Lipinski definition) is 2. The highest BCUT2D eigenvalue weighted by atomic mass is 19.1. The highest BCUT2D eigenvalue weighted by molar-refractivity contribution is 5.20.